The van der Waals surface area contributed by atoms with Crippen LogP contribution in [0.5, 0.6) is 0 Å². The van der Waals surface area contributed by atoms with E-state index in [1.165, 1.54) is 6.92 Å². The van der Waals surface area contributed by atoms with Gasteiger partial charge < -0.3 is 4.74 Å². The van der Waals surface area contributed by atoms with Crippen LogP contribution in [0.1, 0.15) is 61.3 Å². The van der Waals surface area contributed by atoms with Gasteiger partial charge in [-0.3, -0.25) is 9.35 Å². The minimum absolute atomic E-state index is 0.0122. The zero-order valence-electron chi connectivity index (χ0n) is 16.4. The summed E-state index contributed by atoms with van der Waals surface area (Å²) >= 11 is 0. The van der Waals surface area contributed by atoms with Crippen molar-refractivity contribution in [2.45, 2.75) is 78.8 Å². The molecular formula is C16H27F5O5S. The van der Waals surface area contributed by atoms with Crippen LogP contribution in [0.4, 0.5) is 22.0 Å². The smallest absolute Gasteiger partial charge is 0.432 e. The molecule has 5 nitrogen and oxygen atoms in total. The van der Waals surface area contributed by atoms with Crippen molar-refractivity contribution in [3.63, 3.8) is 0 Å². The minimum atomic E-state index is -6.48. The van der Waals surface area contributed by atoms with Gasteiger partial charge in [-0.2, -0.15) is 30.4 Å². The fourth-order valence-corrected chi connectivity index (χ4v) is 3.19. The van der Waals surface area contributed by atoms with Crippen molar-refractivity contribution < 1.29 is 44.5 Å². The molecular weight excluding hydrogens is 399 g/mol. The van der Waals surface area contributed by atoms with Gasteiger partial charge >= 0.3 is 27.5 Å². The molecule has 0 amide bonds. The van der Waals surface area contributed by atoms with E-state index in [-0.39, 0.29) is 6.42 Å². The molecule has 2 unspecified atom stereocenters. The number of ether oxygens (including phenoxy) is 1. The third-order valence-corrected chi connectivity index (χ3v) is 5.79. The molecule has 11 heteroatoms. The highest BCUT2D eigenvalue weighted by Crippen LogP contribution is 2.50. The molecule has 0 aliphatic carbocycles. The summed E-state index contributed by atoms with van der Waals surface area (Å²) in [4.78, 5) is 12.6. The maximum atomic E-state index is 13.7. The molecule has 0 fully saturated rings. The molecule has 0 rings (SSSR count). The van der Waals surface area contributed by atoms with Crippen LogP contribution in [-0.4, -0.2) is 36.5 Å². The average Bonchev–Trinajstić information content (AvgIpc) is 2.39. The molecule has 2 atom stereocenters. The van der Waals surface area contributed by atoms with Crippen LogP contribution in [0.3, 0.4) is 0 Å². The van der Waals surface area contributed by atoms with E-state index in [4.69, 9.17) is 4.55 Å². The van der Waals surface area contributed by atoms with Gasteiger partial charge in [0, 0.05) is 0 Å². The Kier molecular flexibility index (Phi) is 7.19. The summed E-state index contributed by atoms with van der Waals surface area (Å²) in [7, 11) is -6.48. The molecule has 0 spiro atoms. The molecule has 0 radical (unpaired) electrons. The largest absolute Gasteiger partial charge is 0.444 e. The molecule has 0 saturated carbocycles. The molecule has 0 aliphatic rings. The third-order valence-electron chi connectivity index (χ3n) is 4.88. The van der Waals surface area contributed by atoms with E-state index in [0.717, 1.165) is 0 Å². The van der Waals surface area contributed by atoms with Crippen molar-refractivity contribution in [2.75, 3.05) is 0 Å². The van der Waals surface area contributed by atoms with Crippen molar-refractivity contribution >= 4 is 16.1 Å². The molecule has 1 N–H and O–H groups in total. The first-order valence-electron chi connectivity index (χ1n) is 8.15. The number of rotatable bonds is 7. The topological polar surface area (TPSA) is 80.7 Å². The number of hydrogen-bond acceptors (Lipinski definition) is 4. The minimum Gasteiger partial charge on any atom is -0.444 e. The quantitative estimate of drug-likeness (QED) is 0.359. The van der Waals surface area contributed by atoms with E-state index in [9.17, 15) is 35.2 Å². The van der Waals surface area contributed by atoms with E-state index in [1.54, 1.807) is 41.5 Å². The van der Waals surface area contributed by atoms with Gasteiger partial charge in [0.05, 0.1) is 5.41 Å². The predicted octanol–water partition coefficient (Wildman–Crippen LogP) is 4.82. The van der Waals surface area contributed by atoms with Gasteiger partial charge in [-0.15, -0.1) is 0 Å². The lowest BCUT2D eigenvalue weighted by molar-refractivity contribution is -0.265. The Labute approximate surface area is 156 Å². The lowest BCUT2D eigenvalue weighted by Crippen LogP contribution is -2.55. The van der Waals surface area contributed by atoms with Gasteiger partial charge in [0.15, 0.2) is 0 Å². The monoisotopic (exact) mass is 426 g/mol. The number of esters is 1. The van der Waals surface area contributed by atoms with Crippen molar-refractivity contribution in [3.05, 3.63) is 0 Å². The Morgan fingerprint density at radius 3 is 1.67 bits per heavy atom. The Morgan fingerprint density at radius 1 is 1.00 bits per heavy atom. The zero-order chi connectivity index (χ0) is 22.3. The lowest BCUT2D eigenvalue weighted by atomic mass is 9.59. The second-order valence-electron chi connectivity index (χ2n) is 8.67. The summed E-state index contributed by atoms with van der Waals surface area (Å²) in [5.41, 5.74) is -3.18. The molecule has 0 bridgehead atoms. The van der Waals surface area contributed by atoms with Gasteiger partial charge in [-0.05, 0) is 30.6 Å². The summed E-state index contributed by atoms with van der Waals surface area (Å²) in [5, 5.41) is -5.75. The van der Waals surface area contributed by atoms with Crippen LogP contribution in [0.2, 0.25) is 0 Å². The fraction of sp³-hybridized carbons (Fsp3) is 0.938. The van der Waals surface area contributed by atoms with Crippen molar-refractivity contribution in [1.29, 1.82) is 0 Å². The Morgan fingerprint density at radius 2 is 1.41 bits per heavy atom. The molecule has 162 valence electrons. The Balaban J connectivity index is 6.28. The molecule has 0 aromatic carbocycles. The van der Waals surface area contributed by atoms with Crippen LogP contribution in [0.15, 0.2) is 0 Å². The maximum Gasteiger partial charge on any atom is 0.432 e. The van der Waals surface area contributed by atoms with Gasteiger partial charge in [0.2, 0.25) is 0 Å². The van der Waals surface area contributed by atoms with E-state index >= 15 is 0 Å². The Hall–Kier alpha value is -0.970. The van der Waals surface area contributed by atoms with Crippen molar-refractivity contribution in [2.24, 2.45) is 16.2 Å². The molecule has 0 heterocycles. The van der Waals surface area contributed by atoms with Crippen LogP contribution >= 0.6 is 0 Å². The van der Waals surface area contributed by atoms with E-state index in [0.29, 0.717) is 6.42 Å². The fourth-order valence-electron chi connectivity index (χ4n) is 2.74. The number of alkyl halides is 5. The molecule has 0 aromatic heterocycles. The lowest BCUT2D eigenvalue weighted by Gasteiger charge is -2.45. The van der Waals surface area contributed by atoms with E-state index < -0.39 is 49.9 Å². The van der Waals surface area contributed by atoms with Gasteiger partial charge in [0.25, 0.3) is 6.10 Å². The zero-order valence-corrected chi connectivity index (χ0v) is 17.2. The second-order valence-corrected chi connectivity index (χ2v) is 10.2. The summed E-state index contributed by atoms with van der Waals surface area (Å²) in [5.74, 6) is -1.62. The number of carbonyl (C=O) groups excluding carboxylic acids is 1. The highest BCUT2D eigenvalue weighted by atomic mass is 32.2. The van der Waals surface area contributed by atoms with Crippen LogP contribution in [0.25, 0.3) is 0 Å². The van der Waals surface area contributed by atoms with Crippen LogP contribution in [0, 0.1) is 16.2 Å². The standard InChI is InChI=1S/C16H27F5O5S/c1-8-13(5,6)14(7,9-12(2,3)4)11(22)26-10(15(17,18)19)16(20,21)27(23,24)25/h10H,8-9H2,1-7H3,(H,23,24,25). The van der Waals surface area contributed by atoms with E-state index in [2.05, 4.69) is 4.74 Å². The molecule has 0 aromatic rings. The summed E-state index contributed by atoms with van der Waals surface area (Å²) in [6.45, 7) is 11.2. The number of halogens is 5. The van der Waals surface area contributed by atoms with Gasteiger partial charge in [-0.1, -0.05) is 41.5 Å². The Bertz CT molecular complexity index is 649. The van der Waals surface area contributed by atoms with Crippen molar-refractivity contribution in [3.8, 4) is 0 Å². The highest BCUT2D eigenvalue weighted by molar-refractivity contribution is 7.86. The summed E-state index contributed by atoms with van der Waals surface area (Å²) in [6.07, 6.45) is -9.96. The van der Waals surface area contributed by atoms with E-state index in [1.807, 2.05) is 0 Å². The van der Waals surface area contributed by atoms with Gasteiger partial charge in [-0.25, -0.2) is 0 Å². The first-order valence-corrected chi connectivity index (χ1v) is 9.59. The summed E-state index contributed by atoms with van der Waals surface area (Å²) in [6, 6.07) is 0. The van der Waals surface area contributed by atoms with Gasteiger partial charge in [0.1, 0.15) is 0 Å². The molecule has 0 aliphatic heterocycles. The molecule has 27 heavy (non-hydrogen) atoms. The first-order chi connectivity index (χ1) is 11.5. The second kappa shape index (κ2) is 7.46. The van der Waals surface area contributed by atoms with Crippen LogP contribution in [-0.2, 0) is 19.6 Å². The number of hydrogen-bond donors (Lipinski definition) is 1. The van der Waals surface area contributed by atoms with Crippen molar-refractivity contribution in [1.82, 2.24) is 0 Å². The molecule has 0 saturated heterocycles. The van der Waals surface area contributed by atoms with Crippen LogP contribution < -0.4 is 0 Å². The predicted molar refractivity (Wildman–Crippen MR) is 88.7 cm³/mol. The number of carbonyl (C=O) groups is 1. The first kappa shape index (κ1) is 26.0. The third kappa shape index (κ3) is 5.75. The SMILES string of the molecule is CCC(C)(C)C(C)(CC(C)(C)C)C(=O)OC(C(F)(F)F)C(F)(F)S(=O)(=O)O. The maximum absolute atomic E-state index is 13.7. The normalized spacial score (nSPS) is 18.0. The summed E-state index contributed by atoms with van der Waals surface area (Å²) < 4.78 is 101. The highest BCUT2D eigenvalue weighted by Gasteiger charge is 2.67. The average molecular weight is 426 g/mol.